The fourth-order valence-corrected chi connectivity index (χ4v) is 5.36. The number of rotatable bonds is 5. The molecule has 1 N–H and O–H groups in total. The van der Waals surface area contributed by atoms with E-state index >= 15 is 0 Å². The lowest BCUT2D eigenvalue weighted by Gasteiger charge is -2.23. The van der Waals surface area contributed by atoms with Crippen molar-refractivity contribution in [1.29, 1.82) is 5.26 Å². The van der Waals surface area contributed by atoms with E-state index in [0.717, 1.165) is 45.3 Å². The smallest absolute Gasteiger partial charge is 0.262 e. The van der Waals surface area contributed by atoms with Gasteiger partial charge < -0.3 is 10.1 Å². The van der Waals surface area contributed by atoms with Crippen molar-refractivity contribution < 1.29 is 9.53 Å². The Morgan fingerprint density at radius 1 is 1.16 bits per heavy atom. The molecular weight excluding hydrogens is 436 g/mol. The fraction of sp³-hybridized carbons (Fsp3) is 0.269. The van der Waals surface area contributed by atoms with Gasteiger partial charge in [0.2, 0.25) is 0 Å². The van der Waals surface area contributed by atoms with Crippen molar-refractivity contribution in [3.05, 3.63) is 74.6 Å². The van der Waals surface area contributed by atoms with Gasteiger partial charge in [0.15, 0.2) is 6.61 Å². The summed E-state index contributed by atoms with van der Waals surface area (Å²) in [5, 5.41) is 13.1. The number of ether oxygens (including phenoxy) is 1. The molecule has 3 aromatic rings. The number of fused-ring (bicyclic) bond motifs is 1. The predicted molar refractivity (Wildman–Crippen MR) is 132 cm³/mol. The number of nitriles is 1. The van der Waals surface area contributed by atoms with Crippen LogP contribution in [0.1, 0.15) is 35.6 Å². The van der Waals surface area contributed by atoms with E-state index in [0.29, 0.717) is 22.2 Å². The van der Waals surface area contributed by atoms with Crippen LogP contribution in [0.3, 0.4) is 0 Å². The molecule has 1 heterocycles. The minimum Gasteiger partial charge on any atom is -0.484 e. The highest BCUT2D eigenvalue weighted by Crippen LogP contribution is 2.36. The second-order valence-electron chi connectivity index (χ2n) is 8.24. The summed E-state index contributed by atoms with van der Waals surface area (Å²) in [6.45, 7) is 4.13. The lowest BCUT2D eigenvalue weighted by Crippen LogP contribution is -2.21. The molecule has 4 rings (SSSR count). The summed E-state index contributed by atoms with van der Waals surface area (Å²) in [5.41, 5.74) is 6.08. The molecule has 0 bridgehead atoms. The van der Waals surface area contributed by atoms with E-state index in [2.05, 4.69) is 49.5 Å². The van der Waals surface area contributed by atoms with Gasteiger partial charge >= 0.3 is 0 Å². The van der Waals surface area contributed by atoms with Crippen molar-refractivity contribution in [2.24, 2.45) is 5.92 Å². The molecule has 6 heteroatoms. The second-order valence-corrected chi connectivity index (χ2v) is 9.93. The standard InChI is InChI=1S/C26H24N2O2S2/c1-16-3-6-18(7-4-16)19-8-10-20(11-9-19)30-15-24(29)28-25-23(14-27)21-12-5-17(2)13-22(21)26(31)32-25/h3-4,6-11,17H,5,12-13,15H2,1-2H3,(H,28,29). The largest absolute Gasteiger partial charge is 0.484 e. The van der Waals surface area contributed by atoms with Crippen molar-refractivity contribution in [2.75, 3.05) is 11.9 Å². The van der Waals surface area contributed by atoms with Crippen LogP contribution in [-0.4, -0.2) is 12.5 Å². The molecule has 4 nitrogen and oxygen atoms in total. The number of carbonyl (C=O) groups is 1. The van der Waals surface area contributed by atoms with Crippen LogP contribution in [0.25, 0.3) is 11.1 Å². The molecule has 2 aromatic carbocycles. The number of amides is 1. The number of nitrogens with one attached hydrogen (secondary N) is 1. The van der Waals surface area contributed by atoms with E-state index in [1.165, 1.54) is 16.9 Å². The molecule has 0 saturated carbocycles. The van der Waals surface area contributed by atoms with Gasteiger partial charge in [0.25, 0.3) is 5.91 Å². The first-order chi connectivity index (χ1) is 15.4. The minimum atomic E-state index is -0.307. The molecule has 162 valence electrons. The van der Waals surface area contributed by atoms with Crippen LogP contribution in [0.5, 0.6) is 5.75 Å². The molecule has 0 radical (unpaired) electrons. The monoisotopic (exact) mass is 460 g/mol. The highest BCUT2D eigenvalue weighted by Gasteiger charge is 2.23. The third kappa shape index (κ3) is 4.90. The normalized spacial score (nSPS) is 14.8. The molecule has 0 saturated heterocycles. The number of aryl methyl sites for hydroxylation is 1. The van der Waals surface area contributed by atoms with Crippen LogP contribution < -0.4 is 10.1 Å². The Balaban J connectivity index is 1.42. The Morgan fingerprint density at radius 2 is 1.81 bits per heavy atom. The molecular formula is C26H24N2O2S2. The highest BCUT2D eigenvalue weighted by molar-refractivity contribution is 7.73. The highest BCUT2D eigenvalue weighted by atomic mass is 32.1. The van der Waals surface area contributed by atoms with Crippen molar-refractivity contribution in [3.8, 4) is 22.9 Å². The molecule has 1 aliphatic carbocycles. The van der Waals surface area contributed by atoms with Crippen LogP contribution in [-0.2, 0) is 17.6 Å². The van der Waals surface area contributed by atoms with Crippen LogP contribution in [0.4, 0.5) is 5.00 Å². The molecule has 0 spiro atoms. The van der Waals surface area contributed by atoms with E-state index in [1.54, 1.807) is 0 Å². The minimum absolute atomic E-state index is 0.137. The van der Waals surface area contributed by atoms with E-state index < -0.39 is 0 Å². The van der Waals surface area contributed by atoms with Crippen molar-refractivity contribution >= 4 is 34.5 Å². The van der Waals surface area contributed by atoms with Crippen LogP contribution in [0, 0.1) is 28.0 Å². The lowest BCUT2D eigenvalue weighted by molar-refractivity contribution is -0.118. The molecule has 1 atom stereocenters. The zero-order valence-corrected chi connectivity index (χ0v) is 19.7. The van der Waals surface area contributed by atoms with E-state index in [-0.39, 0.29) is 12.5 Å². The molecule has 1 aromatic heterocycles. The number of nitrogens with zero attached hydrogens (tertiary/aromatic N) is 1. The number of carbonyl (C=O) groups excluding carboxylic acids is 1. The molecule has 32 heavy (non-hydrogen) atoms. The summed E-state index contributed by atoms with van der Waals surface area (Å²) in [6.07, 6.45) is 2.75. The third-order valence-electron chi connectivity index (χ3n) is 5.75. The average Bonchev–Trinajstić information content (AvgIpc) is 2.79. The maximum Gasteiger partial charge on any atom is 0.262 e. The fourth-order valence-electron chi connectivity index (χ4n) is 3.95. The first-order valence-corrected chi connectivity index (χ1v) is 11.9. The van der Waals surface area contributed by atoms with Crippen molar-refractivity contribution in [3.63, 3.8) is 0 Å². The van der Waals surface area contributed by atoms with Crippen LogP contribution in [0.2, 0.25) is 0 Å². The zero-order valence-electron chi connectivity index (χ0n) is 18.1. The maximum absolute atomic E-state index is 12.5. The van der Waals surface area contributed by atoms with Crippen LogP contribution in [0.15, 0.2) is 48.5 Å². The van der Waals surface area contributed by atoms with Gasteiger partial charge in [-0.1, -0.05) is 61.1 Å². The first-order valence-electron chi connectivity index (χ1n) is 10.6. The summed E-state index contributed by atoms with van der Waals surface area (Å²) in [5.74, 6) is 0.872. The number of benzene rings is 2. The van der Waals surface area contributed by atoms with E-state index in [1.807, 2.05) is 24.3 Å². The van der Waals surface area contributed by atoms with Crippen molar-refractivity contribution in [1.82, 2.24) is 0 Å². The van der Waals surface area contributed by atoms with Gasteiger partial charge in [-0.15, -0.1) is 11.3 Å². The van der Waals surface area contributed by atoms with E-state index in [4.69, 9.17) is 17.0 Å². The van der Waals surface area contributed by atoms with E-state index in [9.17, 15) is 10.1 Å². The van der Waals surface area contributed by atoms with Gasteiger partial charge in [0, 0.05) is 0 Å². The summed E-state index contributed by atoms with van der Waals surface area (Å²) in [4.78, 5) is 12.5. The molecule has 1 aliphatic rings. The van der Waals surface area contributed by atoms with Gasteiger partial charge in [-0.2, -0.15) is 5.26 Å². The van der Waals surface area contributed by atoms with Crippen LogP contribution >= 0.6 is 23.6 Å². The zero-order chi connectivity index (χ0) is 22.7. The predicted octanol–water partition coefficient (Wildman–Crippen LogP) is 6.47. The number of hydrogen-bond acceptors (Lipinski definition) is 5. The summed E-state index contributed by atoms with van der Waals surface area (Å²) in [7, 11) is 0. The van der Waals surface area contributed by atoms with Gasteiger partial charge in [-0.3, -0.25) is 4.79 Å². The third-order valence-corrected chi connectivity index (χ3v) is 7.19. The molecule has 0 fully saturated rings. The number of hydrogen-bond donors (Lipinski definition) is 1. The number of anilines is 1. The van der Waals surface area contributed by atoms with Gasteiger partial charge in [0.05, 0.1) is 9.39 Å². The summed E-state index contributed by atoms with van der Waals surface area (Å²) < 4.78 is 6.42. The first kappa shape index (κ1) is 22.2. The quantitative estimate of drug-likeness (QED) is 0.444. The van der Waals surface area contributed by atoms with Gasteiger partial charge in [-0.05, 0) is 66.5 Å². The lowest BCUT2D eigenvalue weighted by atomic mass is 9.85. The summed E-state index contributed by atoms with van der Waals surface area (Å²) in [6, 6.07) is 18.3. The Morgan fingerprint density at radius 3 is 2.47 bits per heavy atom. The summed E-state index contributed by atoms with van der Waals surface area (Å²) >= 11 is 6.87. The maximum atomic E-state index is 12.5. The Bertz CT molecular complexity index is 1240. The Labute approximate surface area is 197 Å². The topological polar surface area (TPSA) is 62.1 Å². The Hall–Kier alpha value is -3.01. The second kappa shape index (κ2) is 9.64. The molecule has 0 aliphatic heterocycles. The van der Waals surface area contributed by atoms with Gasteiger partial charge in [0.1, 0.15) is 16.8 Å². The molecule has 1 unspecified atom stereocenters. The van der Waals surface area contributed by atoms with Gasteiger partial charge in [-0.25, -0.2) is 0 Å². The average molecular weight is 461 g/mol. The van der Waals surface area contributed by atoms with Crippen molar-refractivity contribution in [2.45, 2.75) is 33.1 Å². The Kier molecular flexibility index (Phi) is 6.69. The SMILES string of the molecule is Cc1ccc(-c2ccc(OCC(=O)Nc3sc(=S)c4c(c3C#N)CCC(C)C4)cc2)cc1. The molecule has 1 amide bonds.